The number of nitrogens with zero attached hydrogens (tertiary/aromatic N) is 1. The molecule has 0 saturated heterocycles. The molecule has 0 atom stereocenters. The Morgan fingerprint density at radius 1 is 1.12 bits per heavy atom. The van der Waals surface area contributed by atoms with Gasteiger partial charge in [-0.05, 0) is 69.2 Å². The molecular weight excluding hydrogens is 443 g/mol. The summed E-state index contributed by atoms with van der Waals surface area (Å²) >= 11 is 0.986. The van der Waals surface area contributed by atoms with Crippen molar-refractivity contribution in [1.29, 1.82) is 0 Å². The minimum Gasteiger partial charge on any atom is -0.449 e. The van der Waals surface area contributed by atoms with Crippen LogP contribution in [0.5, 0.6) is 5.06 Å². The lowest BCUT2D eigenvalue weighted by Gasteiger charge is -2.33. The molecular formula is C23H26F3NO4S. The minimum absolute atomic E-state index is 0.0265. The first-order valence-corrected chi connectivity index (χ1v) is 11.3. The topological polar surface area (TPSA) is 66.8 Å². The van der Waals surface area contributed by atoms with E-state index >= 15 is 0 Å². The van der Waals surface area contributed by atoms with Crippen LogP contribution in [-0.2, 0) is 11.0 Å². The van der Waals surface area contributed by atoms with Crippen LogP contribution in [-0.4, -0.2) is 23.2 Å². The van der Waals surface area contributed by atoms with Gasteiger partial charge in [-0.2, -0.15) is 13.2 Å². The lowest BCUT2D eigenvalue weighted by Crippen LogP contribution is -2.42. The Balaban J connectivity index is 1.98. The number of alkyl halides is 3. The number of hydrogen-bond acceptors (Lipinski definition) is 4. The van der Waals surface area contributed by atoms with Crippen LogP contribution in [0.15, 0.2) is 30.3 Å². The highest BCUT2D eigenvalue weighted by molar-refractivity contribution is 7.18. The monoisotopic (exact) mass is 469 g/mol. The third-order valence-corrected chi connectivity index (χ3v) is 6.79. The summed E-state index contributed by atoms with van der Waals surface area (Å²) in [4.78, 5) is 26.7. The third-order valence-electron chi connectivity index (χ3n) is 5.73. The molecule has 1 heterocycles. The molecule has 1 aromatic heterocycles. The first kappa shape index (κ1) is 24.1. The maximum Gasteiger partial charge on any atom is 0.512 e. The lowest BCUT2D eigenvalue weighted by atomic mass is 9.82. The number of rotatable bonds is 5. The van der Waals surface area contributed by atoms with Gasteiger partial charge in [0.15, 0.2) is 0 Å². The average molecular weight is 470 g/mol. The fourth-order valence-corrected chi connectivity index (χ4v) is 5.00. The summed E-state index contributed by atoms with van der Waals surface area (Å²) in [5, 5.41) is 9.22. The second kappa shape index (κ2) is 9.52. The molecule has 0 aliphatic heterocycles. The van der Waals surface area contributed by atoms with Crippen LogP contribution in [0.4, 0.5) is 23.7 Å². The van der Waals surface area contributed by atoms with Crippen molar-refractivity contribution in [3.8, 4) is 15.5 Å². The van der Waals surface area contributed by atoms with E-state index in [1.807, 2.05) is 13.8 Å². The van der Waals surface area contributed by atoms with Crippen LogP contribution in [0.3, 0.4) is 0 Å². The van der Waals surface area contributed by atoms with E-state index in [2.05, 4.69) is 6.92 Å². The van der Waals surface area contributed by atoms with Crippen LogP contribution >= 0.6 is 11.3 Å². The summed E-state index contributed by atoms with van der Waals surface area (Å²) in [6.45, 7) is 5.83. The van der Waals surface area contributed by atoms with E-state index in [1.54, 1.807) is 11.0 Å². The number of amides is 1. The number of halogens is 3. The molecule has 0 bridgehead atoms. The summed E-state index contributed by atoms with van der Waals surface area (Å²) < 4.78 is 43.6. The van der Waals surface area contributed by atoms with Gasteiger partial charge < -0.3 is 14.7 Å². The smallest absolute Gasteiger partial charge is 0.449 e. The second-order valence-electron chi connectivity index (χ2n) is 8.49. The SMILES string of the molecule is CC1CCC(C(=O)N(c2cc(-c3ccc(C(F)(F)F)cc3)sc2OC(=O)O)C(C)C)CC1. The van der Waals surface area contributed by atoms with Gasteiger partial charge in [0.2, 0.25) is 11.0 Å². The van der Waals surface area contributed by atoms with Crippen molar-refractivity contribution in [2.75, 3.05) is 4.90 Å². The predicted octanol–water partition coefficient (Wildman–Crippen LogP) is 7.06. The molecule has 2 aromatic rings. The highest BCUT2D eigenvalue weighted by atomic mass is 32.1. The second-order valence-corrected chi connectivity index (χ2v) is 9.50. The zero-order valence-corrected chi connectivity index (χ0v) is 18.9. The third kappa shape index (κ3) is 5.43. The number of thiophene rings is 1. The molecule has 1 aromatic carbocycles. The normalized spacial score (nSPS) is 19.1. The zero-order valence-electron chi connectivity index (χ0n) is 18.1. The summed E-state index contributed by atoms with van der Waals surface area (Å²) in [7, 11) is 0. The Morgan fingerprint density at radius 3 is 2.22 bits per heavy atom. The fraction of sp³-hybridized carbons (Fsp3) is 0.478. The zero-order chi connectivity index (χ0) is 23.6. The molecule has 1 aliphatic carbocycles. The Bertz CT molecular complexity index is 961. The molecule has 1 N–H and O–H groups in total. The molecule has 5 nitrogen and oxygen atoms in total. The van der Waals surface area contributed by atoms with Crippen LogP contribution in [0.1, 0.15) is 52.0 Å². The van der Waals surface area contributed by atoms with Crippen LogP contribution in [0.25, 0.3) is 10.4 Å². The quantitative estimate of drug-likeness (QED) is 0.476. The Labute approximate surface area is 188 Å². The first-order valence-electron chi connectivity index (χ1n) is 10.5. The van der Waals surface area contributed by atoms with E-state index in [4.69, 9.17) is 4.74 Å². The summed E-state index contributed by atoms with van der Waals surface area (Å²) in [6, 6.07) is 5.96. The summed E-state index contributed by atoms with van der Waals surface area (Å²) in [5.41, 5.74) is 0.0311. The van der Waals surface area contributed by atoms with Crippen molar-refractivity contribution in [2.24, 2.45) is 11.8 Å². The molecule has 1 amide bonds. The molecule has 0 unspecified atom stereocenters. The predicted molar refractivity (Wildman–Crippen MR) is 117 cm³/mol. The number of carbonyl (C=O) groups excluding carboxylic acids is 1. The van der Waals surface area contributed by atoms with Crippen molar-refractivity contribution < 1.29 is 32.6 Å². The largest absolute Gasteiger partial charge is 0.512 e. The molecule has 0 spiro atoms. The highest BCUT2D eigenvalue weighted by Crippen LogP contribution is 2.45. The molecule has 174 valence electrons. The van der Waals surface area contributed by atoms with Gasteiger partial charge >= 0.3 is 12.3 Å². The number of hydrogen-bond donors (Lipinski definition) is 1. The fourth-order valence-electron chi connectivity index (χ4n) is 4.01. The van der Waals surface area contributed by atoms with Gasteiger partial charge in [-0.3, -0.25) is 4.79 Å². The van der Waals surface area contributed by atoms with Gasteiger partial charge in [0.1, 0.15) is 0 Å². The van der Waals surface area contributed by atoms with Crippen LogP contribution < -0.4 is 9.64 Å². The number of carboxylic acid groups (broad SMARTS) is 1. The van der Waals surface area contributed by atoms with Crippen molar-refractivity contribution in [2.45, 2.75) is 58.7 Å². The number of ether oxygens (including phenoxy) is 1. The van der Waals surface area contributed by atoms with E-state index in [1.165, 1.54) is 12.1 Å². The average Bonchev–Trinajstić information content (AvgIpc) is 3.10. The molecule has 32 heavy (non-hydrogen) atoms. The van der Waals surface area contributed by atoms with Crippen LogP contribution in [0, 0.1) is 11.8 Å². The standard InChI is InChI=1S/C23H26F3NO4S/c1-13(2)27(20(28)16-6-4-14(3)5-7-16)18-12-19(32-21(18)31-22(29)30)15-8-10-17(11-9-15)23(24,25)26/h8-14,16H,4-7H2,1-3H3,(H,29,30). The first-order chi connectivity index (χ1) is 15.0. The van der Waals surface area contributed by atoms with E-state index in [9.17, 15) is 27.9 Å². The van der Waals surface area contributed by atoms with E-state index < -0.39 is 17.9 Å². The summed E-state index contributed by atoms with van der Waals surface area (Å²) in [5.74, 6) is 0.337. The molecule has 1 saturated carbocycles. The van der Waals surface area contributed by atoms with Crippen molar-refractivity contribution in [3.05, 3.63) is 35.9 Å². The molecule has 1 fully saturated rings. The van der Waals surface area contributed by atoms with Crippen LogP contribution in [0.2, 0.25) is 0 Å². The van der Waals surface area contributed by atoms with Gasteiger partial charge in [0.05, 0.1) is 11.3 Å². The summed E-state index contributed by atoms with van der Waals surface area (Å²) in [6.07, 6.45) is -2.50. The number of carbonyl (C=O) groups is 2. The molecule has 3 rings (SSSR count). The number of benzene rings is 1. The van der Waals surface area contributed by atoms with Gasteiger partial charge in [-0.15, -0.1) is 0 Å². The van der Waals surface area contributed by atoms with Crippen molar-refractivity contribution >= 4 is 29.1 Å². The number of anilines is 1. The van der Waals surface area contributed by atoms with Gasteiger partial charge in [0.25, 0.3) is 0 Å². The maximum atomic E-state index is 13.4. The van der Waals surface area contributed by atoms with Crippen molar-refractivity contribution in [3.63, 3.8) is 0 Å². The van der Waals surface area contributed by atoms with E-state index in [0.717, 1.165) is 49.2 Å². The minimum atomic E-state index is -4.45. The highest BCUT2D eigenvalue weighted by Gasteiger charge is 2.34. The van der Waals surface area contributed by atoms with Gasteiger partial charge in [0, 0.05) is 16.8 Å². The molecule has 0 radical (unpaired) electrons. The van der Waals surface area contributed by atoms with E-state index in [0.29, 0.717) is 22.0 Å². The Hall–Kier alpha value is -2.55. The molecule has 9 heteroatoms. The van der Waals surface area contributed by atoms with Gasteiger partial charge in [-0.25, -0.2) is 4.79 Å². The lowest BCUT2D eigenvalue weighted by molar-refractivity contribution is -0.137. The van der Waals surface area contributed by atoms with Crippen molar-refractivity contribution in [1.82, 2.24) is 0 Å². The van der Waals surface area contributed by atoms with E-state index in [-0.39, 0.29) is 22.9 Å². The molecule has 1 aliphatic rings. The Kier molecular flexibility index (Phi) is 7.17. The van der Waals surface area contributed by atoms with Gasteiger partial charge in [-0.1, -0.05) is 30.4 Å². The maximum absolute atomic E-state index is 13.4. The Morgan fingerprint density at radius 2 is 1.72 bits per heavy atom.